The molecule has 1 saturated heterocycles. The maximum Gasteiger partial charge on any atom is 0.237 e. The summed E-state index contributed by atoms with van der Waals surface area (Å²) in [6, 6.07) is 0.0804. The minimum Gasteiger partial charge on any atom is -0.384 e. The Morgan fingerprint density at radius 3 is 2.81 bits per heavy atom. The number of rotatable bonds is 6. The van der Waals surface area contributed by atoms with Crippen LogP contribution in [0.1, 0.15) is 12.8 Å². The molecular formula is C10H19N3O3. The van der Waals surface area contributed by atoms with Gasteiger partial charge in [-0.3, -0.25) is 9.59 Å². The molecule has 6 nitrogen and oxygen atoms in total. The first kappa shape index (κ1) is 12.9. The lowest BCUT2D eigenvalue weighted by Crippen LogP contribution is -2.46. The topological polar surface area (TPSA) is 84.7 Å². The number of primary amides is 1. The van der Waals surface area contributed by atoms with Crippen LogP contribution in [-0.4, -0.2) is 56.1 Å². The first-order valence-corrected chi connectivity index (χ1v) is 5.42. The molecule has 1 atom stereocenters. The van der Waals surface area contributed by atoms with Gasteiger partial charge in [0.1, 0.15) is 0 Å². The molecule has 0 spiro atoms. The van der Waals surface area contributed by atoms with Gasteiger partial charge in [0.25, 0.3) is 0 Å². The van der Waals surface area contributed by atoms with Crippen LogP contribution >= 0.6 is 0 Å². The minimum absolute atomic E-state index is 0.00507. The second-order valence-electron chi connectivity index (χ2n) is 3.88. The summed E-state index contributed by atoms with van der Waals surface area (Å²) < 4.78 is 4.85. The fourth-order valence-corrected chi connectivity index (χ4v) is 1.83. The molecule has 0 aromatic rings. The predicted octanol–water partition coefficient (Wildman–Crippen LogP) is -1.30. The van der Waals surface area contributed by atoms with Gasteiger partial charge in [0.15, 0.2) is 0 Å². The van der Waals surface area contributed by atoms with E-state index >= 15 is 0 Å². The Kier molecular flexibility index (Phi) is 5.21. The highest BCUT2D eigenvalue weighted by molar-refractivity contribution is 5.84. The van der Waals surface area contributed by atoms with Gasteiger partial charge in [0, 0.05) is 19.7 Å². The Balaban J connectivity index is 2.54. The molecule has 16 heavy (non-hydrogen) atoms. The summed E-state index contributed by atoms with van der Waals surface area (Å²) in [7, 11) is 1.54. The van der Waals surface area contributed by atoms with Crippen molar-refractivity contribution in [3.63, 3.8) is 0 Å². The quantitative estimate of drug-likeness (QED) is 0.593. The van der Waals surface area contributed by atoms with Gasteiger partial charge < -0.3 is 20.7 Å². The SMILES string of the molecule is COCCC(=O)N(CC(N)=O)C1CCNC1. The Hall–Kier alpha value is -1.14. The molecule has 0 saturated carbocycles. The summed E-state index contributed by atoms with van der Waals surface area (Å²) in [5, 5.41) is 3.16. The smallest absolute Gasteiger partial charge is 0.237 e. The molecular weight excluding hydrogens is 210 g/mol. The number of carbonyl (C=O) groups is 2. The van der Waals surface area contributed by atoms with Gasteiger partial charge in [0.2, 0.25) is 11.8 Å². The second kappa shape index (κ2) is 6.44. The zero-order valence-corrected chi connectivity index (χ0v) is 9.57. The van der Waals surface area contributed by atoms with Gasteiger partial charge in [0.05, 0.1) is 19.6 Å². The van der Waals surface area contributed by atoms with E-state index in [0.717, 1.165) is 19.5 Å². The maximum absolute atomic E-state index is 11.8. The number of amides is 2. The molecule has 92 valence electrons. The molecule has 0 aromatic heterocycles. The maximum atomic E-state index is 11.8. The van der Waals surface area contributed by atoms with E-state index in [4.69, 9.17) is 10.5 Å². The van der Waals surface area contributed by atoms with E-state index in [0.29, 0.717) is 13.0 Å². The van der Waals surface area contributed by atoms with Gasteiger partial charge in [-0.2, -0.15) is 0 Å². The molecule has 0 aliphatic carbocycles. The molecule has 1 fully saturated rings. The largest absolute Gasteiger partial charge is 0.384 e. The van der Waals surface area contributed by atoms with Crippen molar-refractivity contribution >= 4 is 11.8 Å². The first-order valence-electron chi connectivity index (χ1n) is 5.42. The number of nitrogens with one attached hydrogen (secondary N) is 1. The Morgan fingerprint density at radius 2 is 2.31 bits per heavy atom. The third kappa shape index (κ3) is 3.79. The van der Waals surface area contributed by atoms with Crippen molar-refractivity contribution in [3.05, 3.63) is 0 Å². The average Bonchev–Trinajstić information content (AvgIpc) is 2.75. The standard InChI is InChI=1S/C10H19N3O3/c1-16-5-3-10(15)13(7-9(11)14)8-2-4-12-6-8/h8,12H,2-7H2,1H3,(H2,11,14). The fourth-order valence-electron chi connectivity index (χ4n) is 1.83. The zero-order valence-electron chi connectivity index (χ0n) is 9.57. The summed E-state index contributed by atoms with van der Waals surface area (Å²) in [4.78, 5) is 24.3. The van der Waals surface area contributed by atoms with Crippen molar-refractivity contribution in [2.24, 2.45) is 5.73 Å². The van der Waals surface area contributed by atoms with E-state index < -0.39 is 5.91 Å². The number of nitrogens with zero attached hydrogens (tertiary/aromatic N) is 1. The molecule has 0 bridgehead atoms. The lowest BCUT2D eigenvalue weighted by molar-refractivity contribution is -0.138. The molecule has 6 heteroatoms. The molecule has 0 aromatic carbocycles. The fraction of sp³-hybridized carbons (Fsp3) is 0.800. The minimum atomic E-state index is -0.474. The Bertz CT molecular complexity index is 252. The number of methoxy groups -OCH3 is 1. The summed E-state index contributed by atoms with van der Waals surface area (Å²) in [6.45, 7) is 1.96. The monoisotopic (exact) mass is 229 g/mol. The van der Waals surface area contributed by atoms with E-state index in [1.807, 2.05) is 0 Å². The number of carbonyl (C=O) groups excluding carboxylic acids is 2. The Labute approximate surface area is 95.1 Å². The van der Waals surface area contributed by atoms with Gasteiger partial charge in [-0.1, -0.05) is 0 Å². The third-order valence-corrected chi connectivity index (χ3v) is 2.64. The van der Waals surface area contributed by atoms with Crippen molar-refractivity contribution in [2.75, 3.05) is 33.4 Å². The molecule has 1 heterocycles. The number of nitrogens with two attached hydrogens (primary N) is 1. The molecule has 1 rings (SSSR count). The van der Waals surface area contributed by atoms with E-state index in [-0.39, 0.29) is 18.5 Å². The van der Waals surface area contributed by atoms with Crippen molar-refractivity contribution in [1.82, 2.24) is 10.2 Å². The van der Waals surface area contributed by atoms with Gasteiger partial charge in [-0.05, 0) is 13.0 Å². The molecule has 1 unspecified atom stereocenters. The molecule has 1 aliphatic rings. The number of hydrogen-bond acceptors (Lipinski definition) is 4. The van der Waals surface area contributed by atoms with Crippen molar-refractivity contribution in [1.29, 1.82) is 0 Å². The summed E-state index contributed by atoms with van der Waals surface area (Å²) in [5.74, 6) is -0.549. The zero-order chi connectivity index (χ0) is 12.0. The molecule has 3 N–H and O–H groups in total. The van der Waals surface area contributed by atoms with E-state index in [2.05, 4.69) is 5.32 Å². The lowest BCUT2D eigenvalue weighted by atomic mass is 10.2. The van der Waals surface area contributed by atoms with Crippen molar-refractivity contribution in [2.45, 2.75) is 18.9 Å². The molecule has 1 aliphatic heterocycles. The predicted molar refractivity (Wildman–Crippen MR) is 58.7 cm³/mol. The van der Waals surface area contributed by atoms with Crippen LogP contribution in [0.15, 0.2) is 0 Å². The van der Waals surface area contributed by atoms with Crippen LogP contribution in [0.4, 0.5) is 0 Å². The normalized spacial score (nSPS) is 19.7. The summed E-state index contributed by atoms with van der Waals surface area (Å²) in [6.07, 6.45) is 1.16. The van der Waals surface area contributed by atoms with Crippen LogP contribution < -0.4 is 11.1 Å². The number of hydrogen-bond donors (Lipinski definition) is 2. The van der Waals surface area contributed by atoms with Crippen molar-refractivity contribution < 1.29 is 14.3 Å². The van der Waals surface area contributed by atoms with E-state index in [9.17, 15) is 9.59 Å². The first-order chi connectivity index (χ1) is 7.65. The van der Waals surface area contributed by atoms with Crippen LogP contribution in [0.3, 0.4) is 0 Å². The highest BCUT2D eigenvalue weighted by atomic mass is 16.5. The van der Waals surface area contributed by atoms with Gasteiger partial charge in [-0.15, -0.1) is 0 Å². The third-order valence-electron chi connectivity index (χ3n) is 2.64. The highest BCUT2D eigenvalue weighted by Crippen LogP contribution is 2.09. The summed E-state index contributed by atoms with van der Waals surface area (Å²) >= 11 is 0. The van der Waals surface area contributed by atoms with Crippen LogP contribution in [0, 0.1) is 0 Å². The lowest BCUT2D eigenvalue weighted by Gasteiger charge is -2.27. The van der Waals surface area contributed by atoms with Gasteiger partial charge in [-0.25, -0.2) is 0 Å². The van der Waals surface area contributed by atoms with E-state index in [1.54, 1.807) is 12.0 Å². The summed E-state index contributed by atoms with van der Waals surface area (Å²) in [5.41, 5.74) is 5.14. The van der Waals surface area contributed by atoms with E-state index in [1.165, 1.54) is 0 Å². The van der Waals surface area contributed by atoms with Crippen molar-refractivity contribution in [3.8, 4) is 0 Å². The highest BCUT2D eigenvalue weighted by Gasteiger charge is 2.27. The van der Waals surface area contributed by atoms with Crippen LogP contribution in [0.2, 0.25) is 0 Å². The average molecular weight is 229 g/mol. The molecule has 0 radical (unpaired) electrons. The second-order valence-corrected chi connectivity index (χ2v) is 3.88. The molecule has 2 amide bonds. The Morgan fingerprint density at radius 1 is 1.56 bits per heavy atom. The van der Waals surface area contributed by atoms with Crippen LogP contribution in [0.25, 0.3) is 0 Å². The van der Waals surface area contributed by atoms with Crippen LogP contribution in [0.5, 0.6) is 0 Å². The number of ether oxygens (including phenoxy) is 1. The van der Waals surface area contributed by atoms with Crippen LogP contribution in [-0.2, 0) is 14.3 Å². The van der Waals surface area contributed by atoms with Gasteiger partial charge >= 0.3 is 0 Å².